The Hall–Kier alpha value is -5.71. The molecule has 1 saturated heterocycles. The molecular formula is C33H27F5N6O6. The Bertz CT molecular complexity index is 2280. The van der Waals surface area contributed by atoms with Gasteiger partial charge in [0.05, 0.1) is 47.1 Å². The molecule has 17 heteroatoms. The molecule has 0 spiro atoms. The summed E-state index contributed by atoms with van der Waals surface area (Å²) in [6.45, 7) is 0.433. The van der Waals surface area contributed by atoms with Gasteiger partial charge in [-0.15, -0.1) is 0 Å². The molecular weight excluding hydrogens is 671 g/mol. The van der Waals surface area contributed by atoms with Crippen molar-refractivity contribution in [2.24, 2.45) is 7.05 Å². The Kier molecular flexibility index (Phi) is 8.86. The molecule has 5 aromatic rings. The number of carboxylic acids is 1. The number of aromatic nitrogens is 4. The molecule has 0 radical (unpaired) electrons. The Morgan fingerprint density at radius 1 is 1.10 bits per heavy atom. The molecule has 0 aliphatic carbocycles. The number of morpholine rings is 1. The first-order valence-corrected chi connectivity index (χ1v) is 15.1. The van der Waals surface area contributed by atoms with Crippen LogP contribution in [-0.4, -0.2) is 74.1 Å². The first-order valence-electron chi connectivity index (χ1n) is 15.1. The van der Waals surface area contributed by atoms with Crippen molar-refractivity contribution in [3.8, 4) is 5.69 Å². The maximum absolute atomic E-state index is 15.4. The van der Waals surface area contributed by atoms with Gasteiger partial charge in [0.1, 0.15) is 23.7 Å². The molecule has 0 bridgehead atoms. The monoisotopic (exact) mass is 698 g/mol. The van der Waals surface area contributed by atoms with Gasteiger partial charge >= 0.3 is 17.8 Å². The quantitative estimate of drug-likeness (QED) is 0.244. The highest BCUT2D eigenvalue weighted by molar-refractivity contribution is 5.99. The van der Waals surface area contributed by atoms with E-state index in [9.17, 15) is 41.8 Å². The summed E-state index contributed by atoms with van der Waals surface area (Å²) in [5.74, 6) is -4.69. The fourth-order valence-electron chi connectivity index (χ4n) is 6.13. The second-order valence-electron chi connectivity index (χ2n) is 11.7. The lowest BCUT2D eigenvalue weighted by molar-refractivity contribution is -0.167. The van der Waals surface area contributed by atoms with Gasteiger partial charge in [-0.05, 0) is 48.4 Å². The average Bonchev–Trinajstić information content (AvgIpc) is 3.07. The second-order valence-corrected chi connectivity index (χ2v) is 11.7. The van der Waals surface area contributed by atoms with Crippen LogP contribution in [0.25, 0.3) is 27.5 Å². The van der Waals surface area contributed by atoms with Crippen LogP contribution in [0.2, 0.25) is 0 Å². The highest BCUT2D eigenvalue weighted by Gasteiger charge is 2.45. The Labute approximate surface area is 278 Å². The number of ether oxygens (including phenoxy) is 1. The van der Waals surface area contributed by atoms with Crippen molar-refractivity contribution in [2.75, 3.05) is 24.7 Å². The number of pyridine rings is 2. The molecule has 1 aliphatic rings. The van der Waals surface area contributed by atoms with Crippen molar-refractivity contribution in [1.29, 1.82) is 0 Å². The van der Waals surface area contributed by atoms with Gasteiger partial charge in [-0.1, -0.05) is 6.07 Å². The number of alkyl halides is 3. The Balaban J connectivity index is 1.34. The number of benzene rings is 2. The fraction of sp³-hybridized carbons (Fsp3) is 0.273. The van der Waals surface area contributed by atoms with Gasteiger partial charge in [0.25, 0.3) is 11.5 Å². The highest BCUT2D eigenvalue weighted by atomic mass is 19.4. The predicted molar refractivity (Wildman–Crippen MR) is 170 cm³/mol. The van der Waals surface area contributed by atoms with E-state index >= 15 is 4.39 Å². The van der Waals surface area contributed by atoms with Gasteiger partial charge in [0.15, 0.2) is 0 Å². The fourth-order valence-corrected chi connectivity index (χ4v) is 6.13. The van der Waals surface area contributed by atoms with Crippen LogP contribution < -0.4 is 21.5 Å². The summed E-state index contributed by atoms with van der Waals surface area (Å²) in [5.41, 5.74) is -1.81. The number of hydrogen-bond donors (Lipinski definition) is 2. The largest absolute Gasteiger partial charge is 0.480 e. The number of amides is 1. The lowest BCUT2D eigenvalue weighted by atomic mass is 9.99. The summed E-state index contributed by atoms with van der Waals surface area (Å²) >= 11 is 0. The number of fused-ring (bicyclic) bond motifs is 2. The number of nitrogens with zero attached hydrogens (tertiary/aromatic N) is 5. The van der Waals surface area contributed by atoms with Crippen LogP contribution in [0.5, 0.6) is 0 Å². The minimum absolute atomic E-state index is 0.0261. The number of carbonyl (C=O) groups is 2. The summed E-state index contributed by atoms with van der Waals surface area (Å²) in [5, 5.41) is 12.4. The number of anilines is 1. The molecule has 2 aromatic carbocycles. The van der Waals surface area contributed by atoms with Crippen LogP contribution >= 0.6 is 0 Å². The number of carbonyl (C=O) groups excluding carboxylic acids is 1. The third kappa shape index (κ3) is 6.15. The molecule has 4 heterocycles. The van der Waals surface area contributed by atoms with Crippen LogP contribution in [0.4, 0.5) is 27.6 Å². The summed E-state index contributed by atoms with van der Waals surface area (Å²) in [6.07, 6.45) is -1.59. The van der Waals surface area contributed by atoms with E-state index in [1.165, 1.54) is 55.2 Å². The van der Waals surface area contributed by atoms with Crippen LogP contribution in [0, 0.1) is 18.6 Å². The second kappa shape index (κ2) is 13.0. The van der Waals surface area contributed by atoms with Crippen molar-refractivity contribution in [3.63, 3.8) is 0 Å². The molecule has 2 atom stereocenters. The van der Waals surface area contributed by atoms with Crippen molar-refractivity contribution in [2.45, 2.75) is 31.6 Å². The standard InChI is InChI=1S/C33H27F5N6O6/c1-16-9-19(43-7-8-50-15-26(43)33(36,37)38)12-22(35)27(16)29(45)41-23(31(47)48)10-17-3-4-25(28-20(17)11-18(34)13-40-28)44-30(46)21-14-39-6-5-24(21)42(2)32(44)49/h3-6,9,11-14,23,26H,7-8,10,15H2,1-2H3,(H,41,45)(H,47,48)/t23-,26+/m0/s1. The van der Waals surface area contributed by atoms with E-state index in [1.54, 1.807) is 0 Å². The summed E-state index contributed by atoms with van der Waals surface area (Å²) in [7, 11) is 1.45. The SMILES string of the molecule is Cc1cc(N2CCOC[C@@H]2C(F)(F)F)cc(F)c1C(=O)N[C@@H](Cc1ccc(-n2c(=O)c3cnccc3n(C)c2=O)c2ncc(F)cc12)C(=O)O. The van der Waals surface area contributed by atoms with Crippen LogP contribution in [0.1, 0.15) is 21.5 Å². The van der Waals surface area contributed by atoms with Gasteiger partial charge in [0.2, 0.25) is 0 Å². The molecule has 1 aliphatic heterocycles. The molecule has 1 fully saturated rings. The lowest BCUT2D eigenvalue weighted by Crippen LogP contribution is -2.53. The summed E-state index contributed by atoms with van der Waals surface area (Å²) < 4.78 is 77.9. The number of nitrogens with one attached hydrogen (secondary N) is 1. The van der Waals surface area contributed by atoms with Gasteiger partial charge < -0.3 is 20.1 Å². The zero-order chi connectivity index (χ0) is 36.1. The van der Waals surface area contributed by atoms with Crippen molar-refractivity contribution in [3.05, 3.63) is 104 Å². The van der Waals surface area contributed by atoms with E-state index < -0.39 is 71.6 Å². The topological polar surface area (TPSA) is 149 Å². The smallest absolute Gasteiger partial charge is 0.411 e. The number of halogens is 5. The third-order valence-electron chi connectivity index (χ3n) is 8.56. The van der Waals surface area contributed by atoms with E-state index in [0.29, 0.717) is 5.52 Å². The number of hydrogen-bond acceptors (Lipinski definition) is 8. The number of aryl methyl sites for hydroxylation is 2. The summed E-state index contributed by atoms with van der Waals surface area (Å²) in [4.78, 5) is 61.4. The van der Waals surface area contributed by atoms with Crippen molar-refractivity contribution >= 4 is 39.4 Å². The maximum Gasteiger partial charge on any atom is 0.411 e. The molecule has 2 N–H and O–H groups in total. The van der Waals surface area contributed by atoms with Crippen LogP contribution in [-0.2, 0) is 23.0 Å². The van der Waals surface area contributed by atoms with Crippen LogP contribution in [0.3, 0.4) is 0 Å². The van der Waals surface area contributed by atoms with E-state index in [1.807, 2.05) is 0 Å². The van der Waals surface area contributed by atoms with Gasteiger partial charge in [0, 0.05) is 43.5 Å². The zero-order valence-electron chi connectivity index (χ0n) is 26.3. The van der Waals surface area contributed by atoms with Gasteiger partial charge in [-0.2, -0.15) is 13.2 Å². The third-order valence-corrected chi connectivity index (χ3v) is 8.56. The van der Waals surface area contributed by atoms with E-state index in [0.717, 1.165) is 27.8 Å². The molecule has 1 amide bonds. The molecule has 260 valence electrons. The van der Waals surface area contributed by atoms with E-state index in [-0.39, 0.29) is 51.9 Å². The number of rotatable bonds is 7. The lowest BCUT2D eigenvalue weighted by Gasteiger charge is -2.38. The molecule has 12 nitrogen and oxygen atoms in total. The number of carboxylic acid groups (broad SMARTS) is 1. The molecule has 50 heavy (non-hydrogen) atoms. The zero-order valence-corrected chi connectivity index (χ0v) is 26.3. The molecule has 3 aromatic heterocycles. The average molecular weight is 699 g/mol. The van der Waals surface area contributed by atoms with Gasteiger partial charge in [-0.3, -0.25) is 24.1 Å². The van der Waals surface area contributed by atoms with Crippen molar-refractivity contribution in [1.82, 2.24) is 24.4 Å². The Morgan fingerprint density at radius 2 is 1.86 bits per heavy atom. The van der Waals surface area contributed by atoms with Crippen molar-refractivity contribution < 1.29 is 41.4 Å². The molecule has 0 saturated carbocycles. The molecule has 0 unspecified atom stereocenters. The first kappa shape index (κ1) is 34.2. The van der Waals surface area contributed by atoms with Gasteiger partial charge in [-0.25, -0.2) is 22.9 Å². The normalized spacial score (nSPS) is 15.7. The Morgan fingerprint density at radius 3 is 2.56 bits per heavy atom. The maximum atomic E-state index is 15.4. The summed E-state index contributed by atoms with van der Waals surface area (Å²) in [6, 6.07) is 3.43. The van der Waals surface area contributed by atoms with E-state index in [4.69, 9.17) is 4.74 Å². The van der Waals surface area contributed by atoms with E-state index in [2.05, 4.69) is 15.3 Å². The minimum atomic E-state index is -4.67. The highest BCUT2D eigenvalue weighted by Crippen LogP contribution is 2.33. The van der Waals surface area contributed by atoms with Crippen LogP contribution in [0.15, 0.2) is 64.6 Å². The minimum Gasteiger partial charge on any atom is -0.480 e. The first-order chi connectivity index (χ1) is 23.7. The predicted octanol–water partition coefficient (Wildman–Crippen LogP) is 3.41. The number of aliphatic carboxylic acids is 1. The molecule has 6 rings (SSSR count).